The molecule has 1 rings (SSSR count). The Kier molecular flexibility index (Phi) is 6.11. The zero-order valence-corrected chi connectivity index (χ0v) is 12.1. The molecule has 0 aliphatic rings. The topological polar surface area (TPSA) is 58.2 Å². The highest BCUT2D eigenvalue weighted by Crippen LogP contribution is 2.32. The van der Waals surface area contributed by atoms with Crippen LogP contribution in [0.15, 0.2) is 23.1 Å². The number of nitrogens with one attached hydrogen (secondary N) is 2. The van der Waals surface area contributed by atoms with Crippen LogP contribution in [0, 0.1) is 5.82 Å². The smallest absolute Gasteiger partial charge is 0.315 e. The van der Waals surface area contributed by atoms with Gasteiger partial charge in [-0.15, -0.1) is 0 Å². The fraction of sp³-hybridized carbons (Fsp3) is 0.500. The summed E-state index contributed by atoms with van der Waals surface area (Å²) < 4.78 is 76.5. The van der Waals surface area contributed by atoms with Gasteiger partial charge in [-0.05, 0) is 31.2 Å². The Hall–Kier alpha value is -1.19. The number of hydrogen-bond acceptors (Lipinski definition) is 3. The van der Waals surface area contributed by atoms with Crippen LogP contribution in [0.3, 0.4) is 0 Å². The van der Waals surface area contributed by atoms with Gasteiger partial charge in [-0.2, -0.15) is 13.2 Å². The third kappa shape index (κ3) is 5.25. The lowest BCUT2D eigenvalue weighted by Crippen LogP contribution is -2.32. The van der Waals surface area contributed by atoms with Crippen molar-refractivity contribution in [2.45, 2.75) is 24.4 Å². The lowest BCUT2D eigenvalue weighted by Gasteiger charge is -2.11. The van der Waals surface area contributed by atoms with Crippen LogP contribution in [0.25, 0.3) is 0 Å². The highest BCUT2D eigenvalue weighted by Gasteiger charge is 2.35. The summed E-state index contributed by atoms with van der Waals surface area (Å²) in [5.74, 6) is -1.51. The predicted octanol–water partition coefficient (Wildman–Crippen LogP) is 2.12. The Bertz CT molecular complexity index is 573. The summed E-state index contributed by atoms with van der Waals surface area (Å²) in [6.07, 6.45) is -4.07. The fourth-order valence-corrected chi connectivity index (χ4v) is 2.61. The molecular weight excluding hydrogens is 312 g/mol. The number of benzene rings is 1. The Morgan fingerprint density at radius 2 is 1.81 bits per heavy atom. The summed E-state index contributed by atoms with van der Waals surface area (Å²) in [5.41, 5.74) is -1.60. The van der Waals surface area contributed by atoms with Gasteiger partial charge in [0.1, 0.15) is 5.82 Å². The van der Waals surface area contributed by atoms with Crippen LogP contribution in [0.5, 0.6) is 0 Å². The van der Waals surface area contributed by atoms with Gasteiger partial charge in [-0.25, -0.2) is 17.5 Å². The van der Waals surface area contributed by atoms with Crippen molar-refractivity contribution >= 4 is 10.0 Å². The van der Waals surface area contributed by atoms with Gasteiger partial charge in [-0.3, -0.25) is 0 Å². The SMILES string of the molecule is CCCNCCNS(=O)(=O)c1ccc(F)c(C(F)(F)F)c1. The molecule has 0 saturated carbocycles. The number of hydrogen-bond donors (Lipinski definition) is 2. The first-order chi connectivity index (χ1) is 9.68. The number of halogens is 4. The molecule has 0 radical (unpaired) electrons. The van der Waals surface area contributed by atoms with Crippen molar-refractivity contribution in [3.05, 3.63) is 29.6 Å². The standard InChI is InChI=1S/C12H16F4N2O2S/c1-2-5-17-6-7-18-21(19,20)9-3-4-11(13)10(8-9)12(14,15)16/h3-4,8,17-18H,2,5-7H2,1H3. The number of rotatable bonds is 7. The Labute approximate surface area is 120 Å². The first-order valence-corrected chi connectivity index (χ1v) is 7.74. The van der Waals surface area contributed by atoms with E-state index < -0.39 is 32.5 Å². The average Bonchev–Trinajstić information content (AvgIpc) is 2.37. The van der Waals surface area contributed by atoms with Crippen molar-refractivity contribution < 1.29 is 26.0 Å². The molecule has 21 heavy (non-hydrogen) atoms. The first-order valence-electron chi connectivity index (χ1n) is 6.25. The molecule has 0 spiro atoms. The molecule has 0 aliphatic carbocycles. The minimum Gasteiger partial charge on any atom is -0.315 e. The maximum Gasteiger partial charge on any atom is 0.419 e. The Morgan fingerprint density at radius 3 is 2.38 bits per heavy atom. The molecule has 0 aromatic heterocycles. The van der Waals surface area contributed by atoms with E-state index in [9.17, 15) is 26.0 Å². The van der Waals surface area contributed by atoms with Gasteiger partial charge >= 0.3 is 6.18 Å². The lowest BCUT2D eigenvalue weighted by molar-refractivity contribution is -0.140. The fourth-order valence-electron chi connectivity index (χ4n) is 1.55. The van der Waals surface area contributed by atoms with Gasteiger partial charge in [0.2, 0.25) is 10.0 Å². The predicted molar refractivity (Wildman–Crippen MR) is 69.8 cm³/mol. The van der Waals surface area contributed by atoms with Gasteiger partial charge < -0.3 is 5.32 Å². The molecule has 0 aliphatic heterocycles. The van der Waals surface area contributed by atoms with Crippen LogP contribution >= 0.6 is 0 Å². The molecule has 0 unspecified atom stereocenters. The highest BCUT2D eigenvalue weighted by atomic mass is 32.2. The zero-order valence-electron chi connectivity index (χ0n) is 11.3. The van der Waals surface area contributed by atoms with Gasteiger partial charge in [0.25, 0.3) is 0 Å². The van der Waals surface area contributed by atoms with E-state index in [1.807, 2.05) is 6.92 Å². The minimum atomic E-state index is -4.95. The maximum atomic E-state index is 13.1. The summed E-state index contributed by atoms with van der Waals surface area (Å²) in [7, 11) is -4.10. The van der Waals surface area contributed by atoms with Gasteiger partial charge in [0, 0.05) is 13.1 Å². The van der Waals surface area contributed by atoms with Crippen molar-refractivity contribution in [2.75, 3.05) is 19.6 Å². The quantitative estimate of drug-likeness (QED) is 0.595. The summed E-state index contributed by atoms with van der Waals surface area (Å²) in [6, 6.07) is 1.58. The Balaban J connectivity index is 2.84. The second-order valence-corrected chi connectivity index (χ2v) is 6.05. The van der Waals surface area contributed by atoms with Crippen LogP contribution < -0.4 is 10.0 Å². The van der Waals surface area contributed by atoms with Crippen molar-refractivity contribution in [1.82, 2.24) is 10.0 Å². The monoisotopic (exact) mass is 328 g/mol. The van der Waals surface area contributed by atoms with E-state index >= 15 is 0 Å². The van der Waals surface area contributed by atoms with E-state index in [1.54, 1.807) is 0 Å². The Morgan fingerprint density at radius 1 is 1.14 bits per heavy atom. The van der Waals surface area contributed by atoms with E-state index in [0.717, 1.165) is 12.5 Å². The van der Waals surface area contributed by atoms with Crippen LogP contribution in [-0.2, 0) is 16.2 Å². The first kappa shape index (κ1) is 17.9. The van der Waals surface area contributed by atoms with E-state index in [0.29, 0.717) is 19.2 Å². The molecule has 0 atom stereocenters. The molecule has 0 heterocycles. The van der Waals surface area contributed by atoms with Gasteiger partial charge in [0.05, 0.1) is 10.5 Å². The third-order valence-corrected chi connectivity index (χ3v) is 4.03. The van der Waals surface area contributed by atoms with E-state index in [-0.39, 0.29) is 12.6 Å². The van der Waals surface area contributed by atoms with Gasteiger partial charge in [-0.1, -0.05) is 6.92 Å². The van der Waals surface area contributed by atoms with Crippen molar-refractivity contribution in [1.29, 1.82) is 0 Å². The van der Waals surface area contributed by atoms with Crippen LogP contribution in [-0.4, -0.2) is 28.1 Å². The lowest BCUT2D eigenvalue weighted by atomic mass is 10.2. The minimum absolute atomic E-state index is 0.0288. The number of alkyl halides is 3. The summed E-state index contributed by atoms with van der Waals surface area (Å²) in [4.78, 5) is -0.619. The number of sulfonamides is 1. The molecule has 9 heteroatoms. The maximum absolute atomic E-state index is 13.1. The van der Waals surface area contributed by atoms with Crippen molar-refractivity contribution in [3.63, 3.8) is 0 Å². The second-order valence-electron chi connectivity index (χ2n) is 4.29. The largest absolute Gasteiger partial charge is 0.419 e. The van der Waals surface area contributed by atoms with E-state index in [2.05, 4.69) is 10.0 Å². The molecule has 1 aromatic carbocycles. The molecular formula is C12H16F4N2O2S. The van der Waals surface area contributed by atoms with Gasteiger partial charge in [0.15, 0.2) is 0 Å². The van der Waals surface area contributed by atoms with Crippen molar-refractivity contribution in [3.8, 4) is 0 Å². The third-order valence-electron chi connectivity index (χ3n) is 2.57. The van der Waals surface area contributed by atoms with Crippen molar-refractivity contribution in [2.24, 2.45) is 0 Å². The highest BCUT2D eigenvalue weighted by molar-refractivity contribution is 7.89. The molecule has 0 fully saturated rings. The molecule has 0 amide bonds. The molecule has 0 saturated heterocycles. The molecule has 0 bridgehead atoms. The molecule has 1 aromatic rings. The average molecular weight is 328 g/mol. The molecule has 4 nitrogen and oxygen atoms in total. The van der Waals surface area contributed by atoms with E-state index in [1.165, 1.54) is 0 Å². The van der Waals surface area contributed by atoms with Crippen LogP contribution in [0.4, 0.5) is 17.6 Å². The molecule has 120 valence electrons. The molecule has 2 N–H and O–H groups in total. The summed E-state index contributed by atoms with van der Waals surface area (Å²) >= 11 is 0. The summed E-state index contributed by atoms with van der Waals surface area (Å²) in [6.45, 7) is 3.02. The summed E-state index contributed by atoms with van der Waals surface area (Å²) in [5, 5.41) is 2.94. The van der Waals surface area contributed by atoms with E-state index in [4.69, 9.17) is 0 Å². The van der Waals surface area contributed by atoms with Crippen LogP contribution in [0.1, 0.15) is 18.9 Å². The zero-order chi connectivity index (χ0) is 16.1. The van der Waals surface area contributed by atoms with Crippen LogP contribution in [0.2, 0.25) is 0 Å². The second kappa shape index (κ2) is 7.19. The normalized spacial score (nSPS) is 12.6.